The van der Waals surface area contributed by atoms with Gasteiger partial charge in [-0.3, -0.25) is 0 Å². The topological polar surface area (TPSA) is 27.1 Å². The first-order valence-electron chi connectivity index (χ1n) is 4.84. The third-order valence-corrected chi connectivity index (χ3v) is 2.76. The van der Waals surface area contributed by atoms with Gasteiger partial charge in [-0.2, -0.15) is 5.10 Å². The molecular formula is C10H15ClN2O. The molecule has 0 spiro atoms. The highest BCUT2D eigenvalue weighted by atomic mass is 35.5. The van der Waals surface area contributed by atoms with Crippen molar-refractivity contribution in [1.29, 1.82) is 0 Å². The summed E-state index contributed by atoms with van der Waals surface area (Å²) in [5.41, 5.74) is 2.10. The lowest BCUT2D eigenvalue weighted by Gasteiger charge is -2.20. The third-order valence-electron chi connectivity index (χ3n) is 2.37. The second kappa shape index (κ2) is 3.24. The Morgan fingerprint density at radius 2 is 2.14 bits per heavy atom. The first-order valence-corrected chi connectivity index (χ1v) is 5.22. The number of nitrogens with zero attached hydrogens (tertiary/aromatic N) is 2. The van der Waals surface area contributed by atoms with E-state index in [2.05, 4.69) is 25.9 Å². The largest absolute Gasteiger partial charge is 0.376 e. The van der Waals surface area contributed by atoms with Crippen molar-refractivity contribution in [3.8, 4) is 0 Å². The molecule has 0 atom stereocenters. The lowest BCUT2D eigenvalue weighted by atomic mass is 10.1. The van der Waals surface area contributed by atoms with Crippen molar-refractivity contribution in [1.82, 2.24) is 9.78 Å². The van der Waals surface area contributed by atoms with E-state index in [1.54, 1.807) is 0 Å². The Morgan fingerprint density at radius 1 is 1.43 bits per heavy atom. The monoisotopic (exact) mass is 214 g/mol. The predicted molar refractivity (Wildman–Crippen MR) is 55.6 cm³/mol. The minimum Gasteiger partial charge on any atom is -0.376 e. The van der Waals surface area contributed by atoms with E-state index in [0.29, 0.717) is 6.61 Å². The van der Waals surface area contributed by atoms with Gasteiger partial charge in [0, 0.05) is 12.0 Å². The molecule has 0 N–H and O–H groups in total. The lowest BCUT2D eigenvalue weighted by molar-refractivity contribution is 0.110. The molecule has 78 valence electrons. The summed E-state index contributed by atoms with van der Waals surface area (Å²) in [6.45, 7) is 7.64. The Balaban J connectivity index is 2.49. The smallest absolute Gasteiger partial charge is 0.133 e. The molecule has 0 bridgehead atoms. The zero-order valence-electron chi connectivity index (χ0n) is 8.80. The highest BCUT2D eigenvalue weighted by molar-refractivity contribution is 6.30. The van der Waals surface area contributed by atoms with Crippen LogP contribution < -0.4 is 0 Å². The number of aromatic nitrogens is 2. The molecule has 0 radical (unpaired) electrons. The fourth-order valence-corrected chi connectivity index (χ4v) is 2.06. The zero-order valence-corrected chi connectivity index (χ0v) is 9.56. The summed E-state index contributed by atoms with van der Waals surface area (Å²) in [6, 6.07) is 0. The van der Waals surface area contributed by atoms with Crippen molar-refractivity contribution in [2.75, 3.05) is 6.61 Å². The maximum atomic E-state index is 6.25. The van der Waals surface area contributed by atoms with Crippen LogP contribution in [0.2, 0.25) is 5.15 Å². The fourth-order valence-electron chi connectivity index (χ4n) is 1.60. The van der Waals surface area contributed by atoms with Crippen LogP contribution >= 0.6 is 11.6 Å². The lowest BCUT2D eigenvalue weighted by Crippen LogP contribution is -2.23. The van der Waals surface area contributed by atoms with Gasteiger partial charge in [0.1, 0.15) is 5.15 Å². The summed E-state index contributed by atoms with van der Waals surface area (Å²) in [7, 11) is 0. The van der Waals surface area contributed by atoms with Crippen LogP contribution in [0.25, 0.3) is 0 Å². The Labute approximate surface area is 89.0 Å². The summed E-state index contributed by atoms with van der Waals surface area (Å²) in [4.78, 5) is 0. The van der Waals surface area contributed by atoms with Crippen LogP contribution in [0.4, 0.5) is 0 Å². The van der Waals surface area contributed by atoms with Crippen molar-refractivity contribution in [2.24, 2.45) is 0 Å². The molecule has 1 aromatic heterocycles. The molecule has 2 rings (SSSR count). The van der Waals surface area contributed by atoms with E-state index in [1.165, 1.54) is 0 Å². The van der Waals surface area contributed by atoms with Crippen LogP contribution in [-0.4, -0.2) is 16.4 Å². The van der Waals surface area contributed by atoms with E-state index in [0.717, 1.165) is 29.4 Å². The van der Waals surface area contributed by atoms with E-state index in [1.807, 2.05) is 4.68 Å². The van der Waals surface area contributed by atoms with Crippen LogP contribution in [-0.2, 0) is 23.3 Å². The van der Waals surface area contributed by atoms with Crippen molar-refractivity contribution in [3.63, 3.8) is 0 Å². The zero-order chi connectivity index (χ0) is 10.3. The Morgan fingerprint density at radius 3 is 2.71 bits per heavy atom. The number of fused-ring (bicyclic) bond motifs is 1. The molecule has 1 aromatic rings. The van der Waals surface area contributed by atoms with E-state index in [-0.39, 0.29) is 5.54 Å². The van der Waals surface area contributed by atoms with Gasteiger partial charge >= 0.3 is 0 Å². The van der Waals surface area contributed by atoms with E-state index in [9.17, 15) is 0 Å². The second-order valence-electron chi connectivity index (χ2n) is 4.60. The van der Waals surface area contributed by atoms with Gasteiger partial charge in [-0.1, -0.05) is 11.6 Å². The molecule has 14 heavy (non-hydrogen) atoms. The van der Waals surface area contributed by atoms with E-state index in [4.69, 9.17) is 16.3 Å². The number of hydrogen-bond donors (Lipinski definition) is 0. The minimum atomic E-state index is -0.0611. The maximum absolute atomic E-state index is 6.25. The highest BCUT2D eigenvalue weighted by Crippen LogP contribution is 2.29. The summed E-state index contributed by atoms with van der Waals surface area (Å²) in [5, 5.41) is 5.26. The molecule has 3 nitrogen and oxygen atoms in total. The molecule has 0 fully saturated rings. The van der Waals surface area contributed by atoms with Gasteiger partial charge in [0.25, 0.3) is 0 Å². The Bertz CT molecular complexity index is 352. The van der Waals surface area contributed by atoms with Gasteiger partial charge in [0.2, 0.25) is 0 Å². The molecule has 1 aliphatic heterocycles. The van der Waals surface area contributed by atoms with Crippen molar-refractivity contribution < 1.29 is 4.74 Å². The molecule has 0 aliphatic carbocycles. The quantitative estimate of drug-likeness (QED) is 0.663. The van der Waals surface area contributed by atoms with Gasteiger partial charge < -0.3 is 4.74 Å². The maximum Gasteiger partial charge on any atom is 0.133 e. The molecule has 0 saturated carbocycles. The molecular weight excluding hydrogens is 200 g/mol. The van der Waals surface area contributed by atoms with Crippen molar-refractivity contribution in [2.45, 2.75) is 39.3 Å². The van der Waals surface area contributed by atoms with E-state index < -0.39 is 0 Å². The van der Waals surface area contributed by atoms with Gasteiger partial charge in [0.05, 0.1) is 24.4 Å². The summed E-state index contributed by atoms with van der Waals surface area (Å²) in [6.07, 6.45) is 0.873. The number of rotatable bonds is 0. The number of hydrogen-bond acceptors (Lipinski definition) is 2. The molecule has 4 heteroatoms. The van der Waals surface area contributed by atoms with Gasteiger partial charge in [-0.05, 0) is 20.8 Å². The molecule has 0 amide bonds. The van der Waals surface area contributed by atoms with Crippen molar-refractivity contribution >= 4 is 11.6 Å². The average molecular weight is 215 g/mol. The predicted octanol–water partition coefficient (Wildman–Crippen LogP) is 2.36. The fraction of sp³-hybridized carbons (Fsp3) is 0.700. The van der Waals surface area contributed by atoms with Crippen LogP contribution in [0.1, 0.15) is 32.0 Å². The van der Waals surface area contributed by atoms with Gasteiger partial charge in [-0.15, -0.1) is 0 Å². The normalized spacial score (nSPS) is 16.9. The molecule has 0 saturated heterocycles. The highest BCUT2D eigenvalue weighted by Gasteiger charge is 2.25. The first kappa shape index (κ1) is 9.99. The van der Waals surface area contributed by atoms with Crippen LogP contribution in [0.5, 0.6) is 0 Å². The second-order valence-corrected chi connectivity index (χ2v) is 4.96. The van der Waals surface area contributed by atoms with Crippen LogP contribution in [0.15, 0.2) is 0 Å². The Kier molecular flexibility index (Phi) is 2.32. The average Bonchev–Trinajstić information content (AvgIpc) is 2.44. The molecule has 0 unspecified atom stereocenters. The summed E-state index contributed by atoms with van der Waals surface area (Å²) in [5.74, 6) is 0. The minimum absolute atomic E-state index is 0.0611. The van der Waals surface area contributed by atoms with Gasteiger partial charge in [-0.25, -0.2) is 4.68 Å². The van der Waals surface area contributed by atoms with Crippen molar-refractivity contribution in [3.05, 3.63) is 16.4 Å². The van der Waals surface area contributed by atoms with Gasteiger partial charge in [0.15, 0.2) is 0 Å². The Hall–Kier alpha value is -0.540. The number of ether oxygens (including phenoxy) is 1. The third kappa shape index (κ3) is 1.55. The summed E-state index contributed by atoms with van der Waals surface area (Å²) < 4.78 is 7.25. The summed E-state index contributed by atoms with van der Waals surface area (Å²) >= 11 is 6.25. The first-order chi connectivity index (χ1) is 6.50. The van der Waals surface area contributed by atoms with Crippen LogP contribution in [0, 0.1) is 0 Å². The standard InChI is InChI=1S/C10H15ClN2O/c1-10(2,3)13-9(11)7-6-14-5-4-8(7)12-13/h4-6H2,1-3H3. The molecule has 1 aliphatic rings. The van der Waals surface area contributed by atoms with E-state index >= 15 is 0 Å². The molecule has 2 heterocycles. The molecule has 0 aromatic carbocycles. The van der Waals surface area contributed by atoms with Crippen LogP contribution in [0.3, 0.4) is 0 Å². The number of halogens is 1. The SMILES string of the molecule is CC(C)(C)n1nc2c(c1Cl)COCC2.